The quantitative estimate of drug-likeness (QED) is 0.0948. The highest BCUT2D eigenvalue weighted by Crippen LogP contribution is 2.51. The van der Waals surface area contributed by atoms with E-state index in [0.717, 1.165) is 6.33 Å². The summed E-state index contributed by atoms with van der Waals surface area (Å²) in [4.78, 5) is 41.6. The van der Waals surface area contributed by atoms with Gasteiger partial charge in [0.15, 0.2) is 35.0 Å². The van der Waals surface area contributed by atoms with Gasteiger partial charge in [0.25, 0.3) is 5.56 Å². The van der Waals surface area contributed by atoms with Crippen molar-refractivity contribution in [2.24, 2.45) is 0 Å². The molecule has 44 heavy (non-hydrogen) atoms. The lowest BCUT2D eigenvalue weighted by atomic mass is 10.1. The van der Waals surface area contributed by atoms with Gasteiger partial charge in [0.05, 0.1) is 31.4 Å². The van der Waals surface area contributed by atoms with Crippen molar-refractivity contribution in [1.29, 1.82) is 0 Å². The molecule has 4 aromatic heterocycles. The number of anilines is 2. The molecule has 0 aromatic carbocycles. The van der Waals surface area contributed by atoms with Crippen LogP contribution in [0.15, 0.2) is 23.6 Å². The standard InChI is InChI=1S/C20H23FN10O9P2S2/c21-12-10(3-32)38-19(30-6-26-13-16(30)28-20(23)29-18(13)33)14(12)40-42(35,44)36-4-11-9(39-41(34)43)1-8(37-11)7-2-24-17-15(22)25-5-27-31(7)17/h2,5-6,8-12,14,19,32H,1,3-4H2,(H6-,22,23,25,27,28,29,33,34,35,43,44)/p+1/t8-,9+,10-,11-,12-,14-,19-,42?/m1/s1. The number of nitrogens with one attached hydrogen (secondary N) is 1. The van der Waals surface area contributed by atoms with E-state index in [9.17, 15) is 19.4 Å². The fourth-order valence-corrected chi connectivity index (χ4v) is 7.23. The van der Waals surface area contributed by atoms with Crippen molar-refractivity contribution in [3.8, 4) is 0 Å². The zero-order chi connectivity index (χ0) is 31.3. The zero-order valence-corrected chi connectivity index (χ0v) is 25.6. The maximum absolute atomic E-state index is 15.4. The molecule has 4 aromatic rings. The van der Waals surface area contributed by atoms with Crippen LogP contribution in [0.2, 0.25) is 0 Å². The summed E-state index contributed by atoms with van der Waals surface area (Å²) >= 11 is 9.01. The number of halogens is 1. The number of alkyl halides is 1. The molecule has 6 heterocycles. The van der Waals surface area contributed by atoms with Crippen molar-refractivity contribution in [3.63, 3.8) is 0 Å². The van der Waals surface area contributed by atoms with Gasteiger partial charge in [-0.25, -0.2) is 23.9 Å². The first-order valence-electron chi connectivity index (χ1n) is 12.7. The Morgan fingerprint density at radius 2 is 2.07 bits per heavy atom. The van der Waals surface area contributed by atoms with Gasteiger partial charge >= 0.3 is 13.9 Å². The molecule has 0 saturated carbocycles. The van der Waals surface area contributed by atoms with Gasteiger partial charge in [-0.05, 0) is 16.4 Å². The molecule has 2 saturated heterocycles. The molecule has 236 valence electrons. The molecule has 24 heteroatoms. The van der Waals surface area contributed by atoms with Crippen LogP contribution in [-0.4, -0.2) is 92.9 Å². The predicted molar refractivity (Wildman–Crippen MR) is 155 cm³/mol. The normalized spacial score (nSPS) is 29.0. The monoisotopic (exact) mass is 693 g/mol. The third-order valence-corrected chi connectivity index (χ3v) is 9.23. The number of nitrogen functional groups attached to an aromatic ring is 2. The topological polar surface area (TPSA) is 262 Å². The molecule has 0 bridgehead atoms. The molecule has 6 rings (SSSR count). The van der Waals surface area contributed by atoms with E-state index in [-0.39, 0.29) is 29.4 Å². The third-order valence-electron chi connectivity index (χ3n) is 6.94. The smallest absolute Gasteiger partial charge is 0.394 e. The number of nitrogens with zero attached hydrogens (tertiary/aromatic N) is 7. The largest absolute Gasteiger partial charge is 0.582 e. The van der Waals surface area contributed by atoms with Gasteiger partial charge in [0.1, 0.15) is 49.1 Å². The number of aliphatic hydroxyl groups excluding tert-OH is 1. The number of imidazole rings is 2. The van der Waals surface area contributed by atoms with Crippen LogP contribution in [0.4, 0.5) is 16.2 Å². The van der Waals surface area contributed by atoms with Crippen molar-refractivity contribution in [2.45, 2.75) is 49.3 Å². The summed E-state index contributed by atoms with van der Waals surface area (Å²) in [5.74, 6) is -0.0905. The molecule has 7 N–H and O–H groups in total. The lowest BCUT2D eigenvalue weighted by molar-refractivity contribution is -0.0502. The van der Waals surface area contributed by atoms with Gasteiger partial charge in [-0.1, -0.05) is 0 Å². The van der Waals surface area contributed by atoms with Crippen LogP contribution in [0.1, 0.15) is 24.4 Å². The maximum atomic E-state index is 15.4. The molecule has 0 radical (unpaired) electrons. The minimum Gasteiger partial charge on any atom is -0.394 e. The van der Waals surface area contributed by atoms with E-state index in [2.05, 4.69) is 42.3 Å². The van der Waals surface area contributed by atoms with Gasteiger partial charge in [-0.15, -0.1) is 4.52 Å². The Balaban J connectivity index is 1.20. The Labute approximate surface area is 256 Å². The Bertz CT molecular complexity index is 1830. The van der Waals surface area contributed by atoms with Crippen LogP contribution in [-0.2, 0) is 39.4 Å². The van der Waals surface area contributed by atoms with Gasteiger partial charge in [-0.3, -0.25) is 18.9 Å². The van der Waals surface area contributed by atoms with Crippen molar-refractivity contribution in [2.75, 3.05) is 24.7 Å². The van der Waals surface area contributed by atoms with Gasteiger partial charge in [0, 0.05) is 6.42 Å². The number of hydrogen-bond donors (Lipinski definition) is 6. The summed E-state index contributed by atoms with van der Waals surface area (Å²) in [6.07, 6.45) is -4.86. The summed E-state index contributed by atoms with van der Waals surface area (Å²) < 4.78 is 58.1. The number of thiol groups is 1. The summed E-state index contributed by atoms with van der Waals surface area (Å²) in [7, 11) is -2.37. The predicted octanol–water partition coefficient (Wildman–Crippen LogP) is 0.0707. The van der Waals surface area contributed by atoms with Crippen molar-refractivity contribution >= 4 is 66.6 Å². The van der Waals surface area contributed by atoms with Gasteiger partial charge in [0.2, 0.25) is 5.95 Å². The van der Waals surface area contributed by atoms with Crippen LogP contribution < -0.4 is 17.0 Å². The molecule has 0 amide bonds. The fourth-order valence-electron chi connectivity index (χ4n) is 5.01. The molecule has 2 fully saturated rings. The number of H-pyrrole nitrogens is 1. The first kappa shape index (κ1) is 31.2. The number of aromatic amines is 1. The number of hydrogen-bond acceptors (Lipinski definition) is 16. The molecule has 2 unspecified atom stereocenters. The highest BCUT2D eigenvalue weighted by molar-refractivity contribution is 8.39. The first-order valence-corrected chi connectivity index (χ1v) is 17.6. The van der Waals surface area contributed by atoms with Crippen LogP contribution in [0.25, 0.3) is 16.8 Å². The average molecular weight is 694 g/mol. The van der Waals surface area contributed by atoms with Crippen molar-refractivity contribution in [3.05, 3.63) is 34.9 Å². The molecule has 9 atom stereocenters. The third kappa shape index (κ3) is 5.95. The summed E-state index contributed by atoms with van der Waals surface area (Å²) in [6, 6.07) is 0. The lowest BCUT2D eigenvalue weighted by Gasteiger charge is -2.26. The highest BCUT2D eigenvalue weighted by atomic mass is 32.7. The second-order valence-corrected chi connectivity index (χ2v) is 14.1. The molecule has 0 aliphatic carbocycles. The number of rotatable bonds is 10. The number of aliphatic hydroxyl groups is 1. The van der Waals surface area contributed by atoms with E-state index in [0.29, 0.717) is 11.3 Å². The molecule has 19 nitrogen and oxygen atoms in total. The number of nitrogens with two attached hydrogens (primary N) is 2. The molecule has 0 spiro atoms. The molecule has 2 aliphatic rings. The minimum absolute atomic E-state index is 0.0616. The maximum Gasteiger partial charge on any atom is 0.582 e. The summed E-state index contributed by atoms with van der Waals surface area (Å²) in [5, 5.41) is 13.8. The molecule has 2 aliphatic heterocycles. The number of ether oxygens (including phenoxy) is 2. The zero-order valence-electron chi connectivity index (χ0n) is 22.1. The van der Waals surface area contributed by atoms with Crippen molar-refractivity contribution in [1.82, 2.24) is 39.1 Å². The Hall–Kier alpha value is -2.75. The van der Waals surface area contributed by atoms with E-state index in [1.807, 2.05) is 0 Å². The van der Waals surface area contributed by atoms with E-state index in [1.54, 1.807) is 0 Å². The van der Waals surface area contributed by atoms with E-state index < -0.39 is 75.6 Å². The first-order chi connectivity index (χ1) is 21.0. The highest BCUT2D eigenvalue weighted by Gasteiger charge is 2.50. The van der Waals surface area contributed by atoms with Gasteiger partial charge < -0.3 is 35.5 Å². The van der Waals surface area contributed by atoms with Crippen LogP contribution >= 0.6 is 26.2 Å². The van der Waals surface area contributed by atoms with Gasteiger partial charge in [-0.2, -0.15) is 10.1 Å². The van der Waals surface area contributed by atoms with E-state index >= 15 is 4.39 Å². The van der Waals surface area contributed by atoms with Crippen LogP contribution in [0, 0.1) is 0 Å². The van der Waals surface area contributed by atoms with Crippen molar-refractivity contribution < 1.29 is 42.0 Å². The van der Waals surface area contributed by atoms with Crippen LogP contribution in [0.5, 0.6) is 0 Å². The average Bonchev–Trinajstić information content (AvgIpc) is 3.73. The molecular weight excluding hydrogens is 669 g/mol. The summed E-state index contributed by atoms with van der Waals surface area (Å²) in [5.41, 5.74) is 11.5. The fraction of sp³-hybridized carbons (Fsp3) is 0.500. The molecular formula is C20H24FN10O9P2S2+. The van der Waals surface area contributed by atoms with E-state index in [4.69, 9.17) is 46.3 Å². The lowest BCUT2D eigenvalue weighted by Crippen LogP contribution is -2.32. The second kappa shape index (κ2) is 12.2. The SMILES string of the molecule is Nc1nc2c(ncn2[C@@H]2O[C@H](CO)[C@@H](F)[C@H]2OP(O)(=S)OC[C@H]2O[C@@H](c3cnc4c(N)ncnn34)C[C@@H]2O[P+](=O)S)c(=O)[nH]1. The Kier molecular flexibility index (Phi) is 8.67. The summed E-state index contributed by atoms with van der Waals surface area (Å²) in [6.45, 7) is -5.44. The second-order valence-electron chi connectivity index (χ2n) is 9.65. The Morgan fingerprint density at radius 1 is 1.27 bits per heavy atom. The Morgan fingerprint density at radius 3 is 2.82 bits per heavy atom. The number of fused-ring (bicyclic) bond motifs is 2. The minimum atomic E-state index is -4.27. The van der Waals surface area contributed by atoms with E-state index in [1.165, 1.54) is 21.6 Å². The van der Waals surface area contributed by atoms with Crippen LogP contribution in [0.3, 0.4) is 0 Å². The number of aromatic nitrogens is 8.